The Kier molecular flexibility index (Phi) is 4.86. The van der Waals surface area contributed by atoms with Gasteiger partial charge in [-0.05, 0) is 31.2 Å². The molecule has 1 saturated heterocycles. The number of morpholine rings is 1. The van der Waals surface area contributed by atoms with Gasteiger partial charge in [0.15, 0.2) is 0 Å². The van der Waals surface area contributed by atoms with Gasteiger partial charge in [0.05, 0.1) is 12.7 Å². The average Bonchev–Trinajstić information content (AvgIpc) is 2.80. The minimum Gasteiger partial charge on any atom is -0.375 e. The van der Waals surface area contributed by atoms with E-state index in [0.29, 0.717) is 18.0 Å². The van der Waals surface area contributed by atoms with Crippen LogP contribution in [0.2, 0.25) is 0 Å². The Hall–Kier alpha value is -0.470. The van der Waals surface area contributed by atoms with Crippen LogP contribution in [-0.4, -0.2) is 38.0 Å². The molecule has 2 rings (SSSR count). The molecule has 2 atom stereocenters. The number of nitrogens with zero attached hydrogens (tertiary/aromatic N) is 1. The number of sulfonamides is 1. The van der Waals surface area contributed by atoms with E-state index in [2.05, 4.69) is 0 Å². The maximum Gasteiger partial charge on any atom is 0.244 e. The summed E-state index contributed by atoms with van der Waals surface area (Å²) < 4.78 is 33.1. The lowest BCUT2D eigenvalue weighted by atomic mass is 10.2. The Morgan fingerprint density at radius 3 is 2.85 bits per heavy atom. The maximum atomic E-state index is 13.0. The molecule has 114 valence electrons. The molecule has 1 fully saturated rings. The molecule has 1 aromatic heterocycles. The van der Waals surface area contributed by atoms with Crippen molar-refractivity contribution in [1.29, 1.82) is 0 Å². The quantitative estimate of drug-likeness (QED) is 0.917. The van der Waals surface area contributed by atoms with Crippen LogP contribution >= 0.6 is 11.3 Å². The highest BCUT2D eigenvalue weighted by Crippen LogP contribution is 2.32. The Balaban J connectivity index is 2.44. The van der Waals surface area contributed by atoms with Crippen LogP contribution < -0.4 is 5.73 Å². The second-order valence-corrected chi connectivity index (χ2v) is 7.95. The first-order valence-electron chi connectivity index (χ1n) is 6.82. The summed E-state index contributed by atoms with van der Waals surface area (Å²) >= 11 is 1.41. The summed E-state index contributed by atoms with van der Waals surface area (Å²) in [6.07, 6.45) is 0.667. The zero-order valence-corrected chi connectivity index (χ0v) is 13.8. The van der Waals surface area contributed by atoms with E-state index >= 15 is 0 Å². The molecule has 5 nitrogen and oxygen atoms in total. The molecule has 0 amide bonds. The summed E-state index contributed by atoms with van der Waals surface area (Å²) in [5.41, 5.74) is 6.47. The number of hydrogen-bond acceptors (Lipinski definition) is 5. The van der Waals surface area contributed by atoms with Crippen molar-refractivity contribution in [3.63, 3.8) is 0 Å². The highest BCUT2D eigenvalue weighted by atomic mass is 32.2. The molecule has 0 spiro atoms. The Bertz CT molecular complexity index is 568. The third-order valence-corrected chi connectivity index (χ3v) is 7.04. The van der Waals surface area contributed by atoms with Crippen LogP contribution in [0.5, 0.6) is 0 Å². The number of thiophene rings is 1. The van der Waals surface area contributed by atoms with Crippen molar-refractivity contribution >= 4 is 21.4 Å². The topological polar surface area (TPSA) is 72.6 Å². The zero-order valence-electron chi connectivity index (χ0n) is 12.1. The summed E-state index contributed by atoms with van der Waals surface area (Å²) in [5.74, 6) is 0. The first-order chi connectivity index (χ1) is 9.41. The van der Waals surface area contributed by atoms with E-state index in [-0.39, 0.29) is 18.7 Å². The monoisotopic (exact) mass is 318 g/mol. The van der Waals surface area contributed by atoms with Gasteiger partial charge < -0.3 is 10.5 Å². The highest BCUT2D eigenvalue weighted by molar-refractivity contribution is 7.89. The fraction of sp³-hybridized carbons (Fsp3) is 0.692. The fourth-order valence-corrected chi connectivity index (χ4v) is 5.94. The van der Waals surface area contributed by atoms with E-state index in [4.69, 9.17) is 10.5 Å². The zero-order chi connectivity index (χ0) is 14.9. The second-order valence-electron chi connectivity index (χ2n) is 5.16. The molecule has 0 aromatic carbocycles. The van der Waals surface area contributed by atoms with Crippen molar-refractivity contribution < 1.29 is 13.2 Å². The molecule has 0 aliphatic carbocycles. The molecule has 0 radical (unpaired) electrons. The van der Waals surface area contributed by atoms with Gasteiger partial charge in [-0.3, -0.25) is 0 Å². The number of nitrogens with two attached hydrogens (primary N) is 1. The van der Waals surface area contributed by atoms with Crippen LogP contribution in [0, 0.1) is 6.92 Å². The molecular weight excluding hydrogens is 296 g/mol. The average molecular weight is 318 g/mol. The lowest BCUT2D eigenvalue weighted by molar-refractivity contribution is -0.0230. The standard InChI is InChI=1S/C13H22N2O3S2/c1-4-11-7-18-10(3)6-15(11)20(16,17)13-9(2)8-19-12(13)5-14/h8,10-11H,4-7,14H2,1-3H3. The second kappa shape index (κ2) is 6.11. The number of hydrogen-bond donors (Lipinski definition) is 1. The molecule has 20 heavy (non-hydrogen) atoms. The van der Waals surface area contributed by atoms with Crippen molar-refractivity contribution in [1.82, 2.24) is 4.31 Å². The molecule has 2 unspecified atom stereocenters. The Morgan fingerprint density at radius 1 is 1.55 bits per heavy atom. The highest BCUT2D eigenvalue weighted by Gasteiger charge is 2.37. The predicted octanol–water partition coefficient (Wildman–Crippen LogP) is 1.70. The van der Waals surface area contributed by atoms with E-state index in [1.807, 2.05) is 26.2 Å². The van der Waals surface area contributed by atoms with Gasteiger partial charge in [-0.25, -0.2) is 8.42 Å². The molecule has 0 bridgehead atoms. The summed E-state index contributed by atoms with van der Waals surface area (Å²) in [7, 11) is -3.50. The van der Waals surface area contributed by atoms with Crippen molar-refractivity contribution in [2.24, 2.45) is 5.73 Å². The molecule has 1 aliphatic rings. The van der Waals surface area contributed by atoms with E-state index in [9.17, 15) is 8.42 Å². The van der Waals surface area contributed by atoms with Gasteiger partial charge in [-0.15, -0.1) is 11.3 Å². The van der Waals surface area contributed by atoms with Crippen LogP contribution in [0.3, 0.4) is 0 Å². The molecule has 7 heteroatoms. The summed E-state index contributed by atoms with van der Waals surface area (Å²) in [5, 5.41) is 1.86. The SMILES string of the molecule is CCC1COC(C)CN1S(=O)(=O)c1c(C)csc1CN. The van der Waals surface area contributed by atoms with E-state index in [1.54, 1.807) is 4.31 Å². The van der Waals surface area contributed by atoms with Gasteiger partial charge in [0, 0.05) is 24.0 Å². The minimum absolute atomic E-state index is 0.0761. The molecule has 2 heterocycles. The fourth-order valence-electron chi connectivity index (χ4n) is 2.52. The minimum atomic E-state index is -3.50. The smallest absolute Gasteiger partial charge is 0.244 e. The van der Waals surface area contributed by atoms with Crippen LogP contribution in [0.4, 0.5) is 0 Å². The number of ether oxygens (including phenoxy) is 1. The predicted molar refractivity (Wildman–Crippen MR) is 80.3 cm³/mol. The van der Waals surface area contributed by atoms with Crippen molar-refractivity contribution in [2.45, 2.75) is 50.8 Å². The van der Waals surface area contributed by atoms with Crippen molar-refractivity contribution in [3.8, 4) is 0 Å². The van der Waals surface area contributed by atoms with E-state index < -0.39 is 10.0 Å². The molecule has 0 saturated carbocycles. The van der Waals surface area contributed by atoms with Gasteiger partial charge in [-0.2, -0.15) is 4.31 Å². The van der Waals surface area contributed by atoms with Gasteiger partial charge in [-0.1, -0.05) is 6.92 Å². The summed E-state index contributed by atoms with van der Waals surface area (Å²) in [6.45, 7) is 6.82. The summed E-state index contributed by atoms with van der Waals surface area (Å²) in [4.78, 5) is 1.13. The first kappa shape index (κ1) is 15.9. The Labute approximate surface area is 124 Å². The summed E-state index contributed by atoms with van der Waals surface area (Å²) in [6, 6.07) is -0.0962. The van der Waals surface area contributed by atoms with Crippen LogP contribution in [0.15, 0.2) is 10.3 Å². The maximum absolute atomic E-state index is 13.0. The van der Waals surface area contributed by atoms with Gasteiger partial charge >= 0.3 is 0 Å². The van der Waals surface area contributed by atoms with E-state index in [0.717, 1.165) is 16.9 Å². The van der Waals surface area contributed by atoms with Gasteiger partial charge in [0.1, 0.15) is 4.90 Å². The number of rotatable bonds is 4. The number of aryl methyl sites for hydroxylation is 1. The first-order valence-corrected chi connectivity index (χ1v) is 9.14. The molecule has 1 aromatic rings. The van der Waals surface area contributed by atoms with Crippen LogP contribution in [0.25, 0.3) is 0 Å². The molecule has 2 N–H and O–H groups in total. The van der Waals surface area contributed by atoms with E-state index in [1.165, 1.54) is 11.3 Å². The third kappa shape index (κ3) is 2.78. The Morgan fingerprint density at radius 2 is 2.25 bits per heavy atom. The van der Waals surface area contributed by atoms with Crippen LogP contribution in [0.1, 0.15) is 30.7 Å². The molecular formula is C13H22N2O3S2. The molecule has 1 aliphatic heterocycles. The van der Waals surface area contributed by atoms with Crippen molar-refractivity contribution in [2.75, 3.05) is 13.2 Å². The van der Waals surface area contributed by atoms with Gasteiger partial charge in [0.2, 0.25) is 10.0 Å². The lowest BCUT2D eigenvalue weighted by Gasteiger charge is -2.37. The largest absolute Gasteiger partial charge is 0.375 e. The third-order valence-electron chi connectivity index (χ3n) is 3.63. The lowest BCUT2D eigenvalue weighted by Crippen LogP contribution is -2.51. The van der Waals surface area contributed by atoms with Gasteiger partial charge in [0.25, 0.3) is 0 Å². The van der Waals surface area contributed by atoms with Crippen LogP contribution in [-0.2, 0) is 21.3 Å². The van der Waals surface area contributed by atoms with Crippen molar-refractivity contribution in [3.05, 3.63) is 15.8 Å². The normalized spacial score (nSPS) is 25.0.